The lowest BCUT2D eigenvalue weighted by Crippen LogP contribution is -2.27. The molecule has 0 fully saturated rings. The summed E-state index contributed by atoms with van der Waals surface area (Å²) < 4.78 is 7.59. The van der Waals surface area contributed by atoms with E-state index in [9.17, 15) is 0 Å². The zero-order chi connectivity index (χ0) is 45.7. The van der Waals surface area contributed by atoms with Crippen LogP contribution in [0.1, 0.15) is 22.3 Å². The third kappa shape index (κ3) is 4.78. The van der Waals surface area contributed by atoms with Crippen LogP contribution in [0.15, 0.2) is 249 Å². The van der Waals surface area contributed by atoms with Gasteiger partial charge in [-0.1, -0.05) is 188 Å². The van der Waals surface area contributed by atoms with Crippen LogP contribution in [0.2, 0.25) is 0 Å². The standard InChI is InChI=1S/C67H41N3/c1-3-18-42(19-4-1)43-20-17-23-45(40-43)69-60-32-15-9-26-49(60)54-37-35-52-47-24-7-12-29-57(47)67(63(52)65(54)69)58-30-13-8-25-48(58)53-36-38-55-50-27-10-16-33-61(50)70(66(55)64(53)67)46-34-39-62-56(41-46)51-28-11-14-31-59(51)68(62)44-21-5-2-6-22-44/h1-41H. The summed E-state index contributed by atoms with van der Waals surface area (Å²) in [6, 6.07) is 93.0. The molecule has 1 atom stereocenters. The topological polar surface area (TPSA) is 14.8 Å². The molecule has 0 aliphatic heterocycles. The van der Waals surface area contributed by atoms with Crippen molar-refractivity contribution in [1.82, 2.24) is 13.7 Å². The minimum absolute atomic E-state index is 0.681. The van der Waals surface area contributed by atoms with Crippen LogP contribution in [-0.2, 0) is 5.41 Å². The highest BCUT2D eigenvalue weighted by Gasteiger charge is 2.54. The molecule has 14 aromatic rings. The van der Waals surface area contributed by atoms with Gasteiger partial charge in [-0.05, 0) is 105 Å². The molecule has 3 heterocycles. The summed E-state index contributed by atoms with van der Waals surface area (Å²) in [5, 5.41) is 7.47. The molecule has 0 radical (unpaired) electrons. The first kappa shape index (κ1) is 37.9. The Hall–Kier alpha value is -9.18. The van der Waals surface area contributed by atoms with Gasteiger partial charge < -0.3 is 13.7 Å². The van der Waals surface area contributed by atoms with Crippen LogP contribution in [-0.4, -0.2) is 13.7 Å². The van der Waals surface area contributed by atoms with Gasteiger partial charge in [0, 0.05) is 60.5 Å². The molecule has 11 aromatic carbocycles. The Bertz CT molecular complexity index is 4510. The van der Waals surface area contributed by atoms with Crippen molar-refractivity contribution in [1.29, 1.82) is 0 Å². The molecule has 1 unspecified atom stereocenters. The molecular formula is C67H41N3. The lowest BCUT2D eigenvalue weighted by atomic mass is 9.69. The summed E-state index contributed by atoms with van der Waals surface area (Å²) in [7, 11) is 0. The smallest absolute Gasteiger partial charge is 0.0767 e. The van der Waals surface area contributed by atoms with Crippen molar-refractivity contribution in [2.75, 3.05) is 0 Å². The first-order valence-electron chi connectivity index (χ1n) is 24.4. The van der Waals surface area contributed by atoms with Gasteiger partial charge in [0.2, 0.25) is 0 Å². The van der Waals surface area contributed by atoms with Gasteiger partial charge in [-0.25, -0.2) is 0 Å². The van der Waals surface area contributed by atoms with Gasteiger partial charge >= 0.3 is 0 Å². The molecule has 70 heavy (non-hydrogen) atoms. The maximum atomic E-state index is 2.60. The summed E-state index contributed by atoms with van der Waals surface area (Å²) in [5.41, 5.74) is 22.9. The molecule has 16 rings (SSSR count). The highest BCUT2D eigenvalue weighted by Crippen LogP contribution is 2.66. The van der Waals surface area contributed by atoms with Crippen molar-refractivity contribution >= 4 is 65.4 Å². The first-order valence-corrected chi connectivity index (χ1v) is 24.4. The molecule has 0 bridgehead atoms. The minimum Gasteiger partial charge on any atom is -0.309 e. The molecule has 1 spiro atoms. The Labute approximate surface area is 404 Å². The van der Waals surface area contributed by atoms with E-state index in [2.05, 4.69) is 262 Å². The monoisotopic (exact) mass is 887 g/mol. The van der Waals surface area contributed by atoms with E-state index in [-0.39, 0.29) is 0 Å². The second-order valence-corrected chi connectivity index (χ2v) is 19.1. The summed E-state index contributed by atoms with van der Waals surface area (Å²) in [5.74, 6) is 0. The number of benzene rings is 11. The van der Waals surface area contributed by atoms with E-state index >= 15 is 0 Å². The predicted molar refractivity (Wildman–Crippen MR) is 291 cm³/mol. The van der Waals surface area contributed by atoms with Gasteiger partial charge in [-0.15, -0.1) is 0 Å². The molecular weight excluding hydrogens is 847 g/mol. The maximum absolute atomic E-state index is 2.60. The van der Waals surface area contributed by atoms with Gasteiger partial charge in [-0.3, -0.25) is 0 Å². The Morgan fingerprint density at radius 1 is 0.243 bits per heavy atom. The van der Waals surface area contributed by atoms with Crippen LogP contribution in [0.25, 0.3) is 116 Å². The van der Waals surface area contributed by atoms with E-state index in [4.69, 9.17) is 0 Å². The molecule has 3 heteroatoms. The largest absolute Gasteiger partial charge is 0.309 e. The van der Waals surface area contributed by atoms with E-state index < -0.39 is 5.41 Å². The molecule has 324 valence electrons. The summed E-state index contributed by atoms with van der Waals surface area (Å²) in [6.45, 7) is 0. The second kappa shape index (κ2) is 13.9. The van der Waals surface area contributed by atoms with E-state index in [1.54, 1.807) is 0 Å². The van der Waals surface area contributed by atoms with Crippen LogP contribution in [0.3, 0.4) is 0 Å². The SMILES string of the molecule is c1ccc(-c2cccc(-n3c4ccccc4c4ccc5c(c43)C3(c4ccccc4-5)c4ccccc4-c4ccc5c6ccccc6n(-c6ccc7c(c6)c6ccccc6n7-c6ccccc6)c5c43)c2)cc1. The summed E-state index contributed by atoms with van der Waals surface area (Å²) >= 11 is 0. The number of nitrogens with zero attached hydrogens (tertiary/aromatic N) is 3. The molecule has 0 saturated heterocycles. The Morgan fingerprint density at radius 3 is 1.29 bits per heavy atom. The zero-order valence-electron chi connectivity index (χ0n) is 38.0. The fourth-order valence-electron chi connectivity index (χ4n) is 13.2. The average Bonchev–Trinajstić information content (AvgIpc) is 4.21. The van der Waals surface area contributed by atoms with E-state index in [0.717, 1.165) is 17.1 Å². The Morgan fingerprint density at radius 2 is 0.686 bits per heavy atom. The predicted octanol–water partition coefficient (Wildman–Crippen LogP) is 17.0. The highest BCUT2D eigenvalue weighted by molar-refractivity contribution is 6.19. The highest BCUT2D eigenvalue weighted by atomic mass is 15.0. The normalized spacial score (nSPS) is 14.6. The fourth-order valence-corrected chi connectivity index (χ4v) is 13.2. The minimum atomic E-state index is -0.681. The van der Waals surface area contributed by atoms with Crippen molar-refractivity contribution in [3.8, 4) is 50.4 Å². The summed E-state index contributed by atoms with van der Waals surface area (Å²) in [6.07, 6.45) is 0. The summed E-state index contributed by atoms with van der Waals surface area (Å²) in [4.78, 5) is 0. The van der Waals surface area contributed by atoms with Gasteiger partial charge in [0.25, 0.3) is 0 Å². The maximum Gasteiger partial charge on any atom is 0.0767 e. The van der Waals surface area contributed by atoms with Crippen molar-refractivity contribution in [3.63, 3.8) is 0 Å². The number of fused-ring (bicyclic) bond motifs is 21. The van der Waals surface area contributed by atoms with Crippen LogP contribution in [0, 0.1) is 0 Å². The molecule has 3 nitrogen and oxygen atoms in total. The number of hydrogen-bond acceptors (Lipinski definition) is 0. The number of hydrogen-bond donors (Lipinski definition) is 0. The molecule has 2 aliphatic rings. The quantitative estimate of drug-likeness (QED) is 0.167. The third-order valence-corrected chi connectivity index (χ3v) is 15.8. The van der Waals surface area contributed by atoms with Crippen LogP contribution in [0.4, 0.5) is 0 Å². The molecule has 0 N–H and O–H groups in total. The Kier molecular flexibility index (Phi) is 7.54. The number of para-hydroxylation sites is 4. The van der Waals surface area contributed by atoms with Crippen molar-refractivity contribution in [2.24, 2.45) is 0 Å². The first-order chi connectivity index (χ1) is 34.8. The lowest BCUT2D eigenvalue weighted by molar-refractivity contribution is 0.800. The van der Waals surface area contributed by atoms with Crippen molar-refractivity contribution in [2.45, 2.75) is 5.41 Å². The Balaban J connectivity index is 1.08. The number of aromatic nitrogens is 3. The lowest BCUT2D eigenvalue weighted by Gasteiger charge is -2.32. The second-order valence-electron chi connectivity index (χ2n) is 19.1. The van der Waals surface area contributed by atoms with Crippen molar-refractivity contribution < 1.29 is 0 Å². The van der Waals surface area contributed by atoms with Gasteiger partial charge in [0.15, 0.2) is 0 Å². The fraction of sp³-hybridized carbons (Fsp3) is 0.0149. The van der Waals surface area contributed by atoms with Crippen LogP contribution < -0.4 is 0 Å². The van der Waals surface area contributed by atoms with Crippen LogP contribution >= 0.6 is 0 Å². The number of rotatable bonds is 4. The average molecular weight is 888 g/mol. The van der Waals surface area contributed by atoms with Gasteiger partial charge in [-0.2, -0.15) is 0 Å². The zero-order valence-corrected chi connectivity index (χ0v) is 38.0. The molecule has 0 amide bonds. The molecule has 2 aliphatic carbocycles. The van der Waals surface area contributed by atoms with Gasteiger partial charge in [0.05, 0.1) is 38.5 Å². The third-order valence-electron chi connectivity index (χ3n) is 15.8. The van der Waals surface area contributed by atoms with E-state index in [1.165, 1.54) is 121 Å². The van der Waals surface area contributed by atoms with Crippen LogP contribution in [0.5, 0.6) is 0 Å². The van der Waals surface area contributed by atoms with E-state index in [0.29, 0.717) is 0 Å². The van der Waals surface area contributed by atoms with Gasteiger partial charge in [0.1, 0.15) is 0 Å². The molecule has 3 aromatic heterocycles. The van der Waals surface area contributed by atoms with E-state index in [1.807, 2.05) is 0 Å². The van der Waals surface area contributed by atoms with Crippen molar-refractivity contribution in [3.05, 3.63) is 271 Å². The molecule has 0 saturated carbocycles.